The smallest absolute Gasteiger partial charge is 0.310 e. The minimum atomic E-state index is -0.447. The van der Waals surface area contributed by atoms with E-state index in [1.807, 2.05) is 4.90 Å². The number of hydrogen-bond acceptors (Lipinski definition) is 4. The highest BCUT2D eigenvalue weighted by Gasteiger charge is 2.28. The van der Waals surface area contributed by atoms with Gasteiger partial charge in [-0.3, -0.25) is 9.59 Å². The number of hydrogen-bond donors (Lipinski definition) is 1. The molecule has 1 aliphatic rings. The van der Waals surface area contributed by atoms with Gasteiger partial charge in [0.1, 0.15) is 5.82 Å². The van der Waals surface area contributed by atoms with Crippen molar-refractivity contribution in [2.24, 2.45) is 5.92 Å². The maximum absolute atomic E-state index is 13.4. The average molecular weight is 294 g/mol. The molecule has 1 unspecified atom stereocenters. The minimum Gasteiger partial charge on any atom is -0.469 e. The molecule has 1 fully saturated rings. The van der Waals surface area contributed by atoms with Gasteiger partial charge < -0.3 is 15.0 Å². The van der Waals surface area contributed by atoms with Crippen molar-refractivity contribution in [3.8, 4) is 0 Å². The summed E-state index contributed by atoms with van der Waals surface area (Å²) in [5.41, 5.74) is 0.191. The number of nitrogens with one attached hydrogen (secondary N) is 1. The van der Waals surface area contributed by atoms with Crippen LogP contribution in [0.5, 0.6) is 0 Å². The number of amides is 1. The first-order valence-corrected chi connectivity index (χ1v) is 6.94. The van der Waals surface area contributed by atoms with Gasteiger partial charge in [-0.1, -0.05) is 12.1 Å². The molecule has 1 aliphatic heterocycles. The van der Waals surface area contributed by atoms with Crippen LogP contribution in [0.15, 0.2) is 24.3 Å². The monoisotopic (exact) mass is 294 g/mol. The first-order valence-electron chi connectivity index (χ1n) is 6.94. The highest BCUT2D eigenvalue weighted by molar-refractivity contribution is 5.90. The van der Waals surface area contributed by atoms with E-state index >= 15 is 0 Å². The number of rotatable bonds is 5. The Balaban J connectivity index is 1.75. The van der Waals surface area contributed by atoms with Crippen molar-refractivity contribution < 1.29 is 18.7 Å². The summed E-state index contributed by atoms with van der Waals surface area (Å²) in [4.78, 5) is 25.2. The van der Waals surface area contributed by atoms with Gasteiger partial charge in [-0.15, -0.1) is 0 Å². The fraction of sp³-hybridized carbons (Fsp3) is 0.467. The van der Waals surface area contributed by atoms with Crippen LogP contribution in [0.2, 0.25) is 0 Å². The second kappa shape index (κ2) is 7.17. The highest BCUT2D eigenvalue weighted by Crippen LogP contribution is 2.18. The lowest BCUT2D eigenvalue weighted by molar-refractivity contribution is -0.144. The fourth-order valence-corrected chi connectivity index (χ4v) is 2.43. The van der Waals surface area contributed by atoms with E-state index in [4.69, 9.17) is 4.74 Å². The Labute approximate surface area is 123 Å². The van der Waals surface area contributed by atoms with Crippen molar-refractivity contribution >= 4 is 17.6 Å². The zero-order chi connectivity index (χ0) is 15.2. The summed E-state index contributed by atoms with van der Waals surface area (Å²) in [5.74, 6) is -0.989. The van der Waals surface area contributed by atoms with Crippen LogP contribution in [-0.2, 0) is 14.3 Å². The molecule has 0 spiro atoms. The molecule has 1 N–H and O–H groups in total. The molecular formula is C15H19FN2O3. The molecule has 5 nitrogen and oxygen atoms in total. The fourth-order valence-electron chi connectivity index (χ4n) is 2.43. The lowest BCUT2D eigenvalue weighted by atomic mass is 10.1. The second-order valence-corrected chi connectivity index (χ2v) is 5.09. The van der Waals surface area contributed by atoms with Crippen LogP contribution in [0.3, 0.4) is 0 Å². The first kappa shape index (κ1) is 15.4. The van der Waals surface area contributed by atoms with Crippen molar-refractivity contribution in [3.63, 3.8) is 0 Å². The Morgan fingerprint density at radius 2 is 2.19 bits per heavy atom. The molecule has 1 saturated heterocycles. The number of likely N-dealkylation sites (tertiary alicyclic amines) is 1. The van der Waals surface area contributed by atoms with Gasteiger partial charge in [-0.25, -0.2) is 4.39 Å². The third-order valence-electron chi connectivity index (χ3n) is 3.61. The minimum absolute atomic E-state index is 0.107. The summed E-state index contributed by atoms with van der Waals surface area (Å²) in [6.45, 7) is 1.93. The van der Waals surface area contributed by atoms with E-state index < -0.39 is 5.82 Å². The molecule has 1 heterocycles. The summed E-state index contributed by atoms with van der Waals surface area (Å²) >= 11 is 0. The van der Waals surface area contributed by atoms with Gasteiger partial charge in [0.25, 0.3) is 0 Å². The number of para-hydroxylation sites is 1. The number of ether oxygens (including phenoxy) is 1. The first-order chi connectivity index (χ1) is 10.1. The Morgan fingerprint density at radius 3 is 2.90 bits per heavy atom. The molecule has 1 aromatic carbocycles. The van der Waals surface area contributed by atoms with Gasteiger partial charge in [0.2, 0.25) is 5.91 Å². The van der Waals surface area contributed by atoms with E-state index in [1.165, 1.54) is 19.2 Å². The molecule has 21 heavy (non-hydrogen) atoms. The van der Waals surface area contributed by atoms with Gasteiger partial charge >= 0.3 is 5.97 Å². The number of carbonyl (C=O) groups excluding carboxylic acids is 2. The van der Waals surface area contributed by atoms with Gasteiger partial charge in [-0.2, -0.15) is 0 Å². The van der Waals surface area contributed by atoms with Crippen molar-refractivity contribution in [3.05, 3.63) is 30.1 Å². The molecule has 114 valence electrons. The molecule has 0 radical (unpaired) electrons. The van der Waals surface area contributed by atoms with Crippen LogP contribution < -0.4 is 5.32 Å². The number of carbonyl (C=O) groups is 2. The van der Waals surface area contributed by atoms with Gasteiger partial charge in [0.15, 0.2) is 0 Å². The molecule has 1 atom stereocenters. The Kier molecular flexibility index (Phi) is 5.27. The van der Waals surface area contributed by atoms with E-state index in [-0.39, 0.29) is 29.9 Å². The molecule has 0 aliphatic carbocycles. The number of esters is 1. The van der Waals surface area contributed by atoms with Gasteiger partial charge in [0, 0.05) is 19.5 Å². The Hall–Kier alpha value is -1.95. The normalized spacial score (nSPS) is 18.5. The standard InChI is InChI=1S/C15H19FN2O3/c1-21-15(20)11-6-8-18(10-11)9-7-14(19)17-13-5-3-2-4-12(13)16/h2-5,11H,6-10H2,1H3,(H,17,19). The summed E-state index contributed by atoms with van der Waals surface area (Å²) in [5, 5.41) is 2.55. The average Bonchev–Trinajstić information content (AvgIpc) is 2.96. The number of nitrogens with zero attached hydrogens (tertiary/aromatic N) is 1. The van der Waals surface area contributed by atoms with Crippen molar-refractivity contribution in [1.29, 1.82) is 0 Å². The number of methoxy groups -OCH3 is 1. The van der Waals surface area contributed by atoms with E-state index in [2.05, 4.69) is 5.32 Å². The largest absolute Gasteiger partial charge is 0.469 e. The van der Waals surface area contributed by atoms with E-state index in [0.29, 0.717) is 13.1 Å². The van der Waals surface area contributed by atoms with Crippen LogP contribution in [0.25, 0.3) is 0 Å². The zero-order valence-electron chi connectivity index (χ0n) is 12.0. The molecule has 1 amide bonds. The third kappa shape index (κ3) is 4.26. The lowest BCUT2D eigenvalue weighted by Crippen LogP contribution is -2.27. The van der Waals surface area contributed by atoms with Crippen molar-refractivity contribution in [2.75, 3.05) is 32.1 Å². The topological polar surface area (TPSA) is 58.6 Å². The summed E-state index contributed by atoms with van der Waals surface area (Å²) in [6, 6.07) is 6.07. The lowest BCUT2D eigenvalue weighted by Gasteiger charge is -2.15. The number of anilines is 1. The van der Waals surface area contributed by atoms with Crippen LogP contribution in [-0.4, -0.2) is 43.5 Å². The van der Waals surface area contributed by atoms with E-state index in [1.54, 1.807) is 12.1 Å². The maximum atomic E-state index is 13.4. The predicted molar refractivity (Wildman–Crippen MR) is 76.2 cm³/mol. The van der Waals surface area contributed by atoms with Gasteiger partial charge in [0.05, 0.1) is 18.7 Å². The summed E-state index contributed by atoms with van der Waals surface area (Å²) < 4.78 is 18.1. The summed E-state index contributed by atoms with van der Waals surface area (Å²) in [7, 11) is 1.38. The van der Waals surface area contributed by atoms with Crippen LogP contribution >= 0.6 is 0 Å². The molecule has 0 bridgehead atoms. The van der Waals surface area contributed by atoms with Crippen molar-refractivity contribution in [1.82, 2.24) is 4.90 Å². The third-order valence-corrected chi connectivity index (χ3v) is 3.61. The Morgan fingerprint density at radius 1 is 1.43 bits per heavy atom. The van der Waals surface area contributed by atoms with E-state index in [0.717, 1.165) is 13.0 Å². The molecular weight excluding hydrogens is 275 g/mol. The molecule has 0 saturated carbocycles. The second-order valence-electron chi connectivity index (χ2n) is 5.09. The number of benzene rings is 1. The molecule has 1 aromatic rings. The molecule has 6 heteroatoms. The highest BCUT2D eigenvalue weighted by atomic mass is 19.1. The predicted octanol–water partition coefficient (Wildman–Crippen LogP) is 1.65. The Bertz CT molecular complexity index is 521. The quantitative estimate of drug-likeness (QED) is 0.839. The van der Waals surface area contributed by atoms with Gasteiger partial charge in [-0.05, 0) is 25.1 Å². The maximum Gasteiger partial charge on any atom is 0.310 e. The van der Waals surface area contributed by atoms with Crippen LogP contribution in [0.1, 0.15) is 12.8 Å². The molecule has 0 aromatic heterocycles. The molecule has 2 rings (SSSR count). The van der Waals surface area contributed by atoms with Crippen LogP contribution in [0, 0.1) is 11.7 Å². The van der Waals surface area contributed by atoms with Crippen molar-refractivity contribution in [2.45, 2.75) is 12.8 Å². The zero-order valence-corrected chi connectivity index (χ0v) is 12.0. The summed E-state index contributed by atoms with van der Waals surface area (Å²) in [6.07, 6.45) is 1.02. The SMILES string of the molecule is COC(=O)C1CCN(CCC(=O)Nc2ccccc2F)C1. The van der Waals surface area contributed by atoms with Crippen LogP contribution in [0.4, 0.5) is 10.1 Å². The number of halogens is 1. The van der Waals surface area contributed by atoms with E-state index in [9.17, 15) is 14.0 Å².